The molecule has 1 aromatic carbocycles. The average Bonchev–Trinajstić information content (AvgIpc) is 3.03. The van der Waals surface area contributed by atoms with Crippen LogP contribution in [0.25, 0.3) is 0 Å². The first-order valence-electron chi connectivity index (χ1n) is 6.45. The molecule has 1 aromatic rings. The number of ether oxygens (including phenoxy) is 2. The lowest BCUT2D eigenvalue weighted by Crippen LogP contribution is -2.48. The van der Waals surface area contributed by atoms with Crippen molar-refractivity contribution in [3.8, 4) is 0 Å². The highest BCUT2D eigenvalue weighted by Crippen LogP contribution is 2.58. The minimum atomic E-state index is -1.14. The maximum atomic E-state index is 12.1. The molecule has 1 aliphatic heterocycles. The molecule has 0 aromatic heterocycles. The maximum absolute atomic E-state index is 12.1. The van der Waals surface area contributed by atoms with Crippen molar-refractivity contribution < 1.29 is 19.1 Å². The van der Waals surface area contributed by atoms with E-state index in [1.165, 1.54) is 0 Å². The van der Waals surface area contributed by atoms with E-state index in [0.717, 1.165) is 5.56 Å². The normalized spacial score (nSPS) is 26.7. The van der Waals surface area contributed by atoms with Gasteiger partial charge in [0, 0.05) is 13.8 Å². The predicted molar refractivity (Wildman–Crippen MR) is 66.9 cm³/mol. The molecule has 1 spiro atoms. The van der Waals surface area contributed by atoms with Crippen molar-refractivity contribution in [1.82, 2.24) is 0 Å². The van der Waals surface area contributed by atoms with Gasteiger partial charge in [-0.15, -0.1) is 0 Å². The Morgan fingerprint density at radius 1 is 1.11 bits per heavy atom. The van der Waals surface area contributed by atoms with Gasteiger partial charge in [0.25, 0.3) is 5.79 Å². The van der Waals surface area contributed by atoms with Crippen molar-refractivity contribution in [3.63, 3.8) is 0 Å². The SMILES string of the molecule is CC1(C)OC(=O)C2(C[C@H]2Cc2ccccc2)C(=O)O1. The Hall–Kier alpha value is -1.84. The van der Waals surface area contributed by atoms with E-state index in [2.05, 4.69) is 0 Å². The second-order valence-corrected chi connectivity index (χ2v) is 5.74. The molecule has 2 aliphatic rings. The van der Waals surface area contributed by atoms with Gasteiger partial charge in [0.15, 0.2) is 5.41 Å². The summed E-state index contributed by atoms with van der Waals surface area (Å²) in [6, 6.07) is 9.83. The van der Waals surface area contributed by atoms with E-state index >= 15 is 0 Å². The van der Waals surface area contributed by atoms with Gasteiger partial charge < -0.3 is 9.47 Å². The number of esters is 2. The van der Waals surface area contributed by atoms with Crippen molar-refractivity contribution in [2.24, 2.45) is 11.3 Å². The highest BCUT2D eigenvalue weighted by molar-refractivity contribution is 6.05. The highest BCUT2D eigenvalue weighted by atomic mass is 16.7. The van der Waals surface area contributed by atoms with E-state index < -0.39 is 23.1 Å². The molecular formula is C15H16O4. The zero-order chi connectivity index (χ0) is 13.7. The van der Waals surface area contributed by atoms with Crippen LogP contribution in [-0.4, -0.2) is 17.7 Å². The van der Waals surface area contributed by atoms with Crippen LogP contribution in [0.1, 0.15) is 25.8 Å². The molecule has 2 fully saturated rings. The summed E-state index contributed by atoms with van der Waals surface area (Å²) in [4.78, 5) is 24.2. The number of carbonyl (C=O) groups is 2. The average molecular weight is 260 g/mol. The van der Waals surface area contributed by atoms with E-state index in [0.29, 0.717) is 12.8 Å². The van der Waals surface area contributed by atoms with Gasteiger partial charge in [-0.3, -0.25) is 9.59 Å². The standard InChI is InChI=1S/C15H16O4/c1-14(2)18-12(16)15(13(17)19-14)9-11(15)8-10-6-4-3-5-7-10/h3-7,11H,8-9H2,1-2H3/t11-/m1/s1. The van der Waals surface area contributed by atoms with Crippen LogP contribution in [0, 0.1) is 11.3 Å². The Balaban J connectivity index is 1.77. The van der Waals surface area contributed by atoms with Gasteiger partial charge >= 0.3 is 11.9 Å². The van der Waals surface area contributed by atoms with Gasteiger partial charge in [-0.25, -0.2) is 0 Å². The first-order valence-corrected chi connectivity index (χ1v) is 6.45. The van der Waals surface area contributed by atoms with E-state index in [1.807, 2.05) is 30.3 Å². The highest BCUT2D eigenvalue weighted by Gasteiger charge is 2.71. The van der Waals surface area contributed by atoms with Crippen LogP contribution in [0.5, 0.6) is 0 Å². The third kappa shape index (κ3) is 1.91. The molecule has 0 radical (unpaired) electrons. The molecule has 0 N–H and O–H groups in total. The van der Waals surface area contributed by atoms with Crippen LogP contribution in [0.4, 0.5) is 0 Å². The molecular weight excluding hydrogens is 244 g/mol. The van der Waals surface area contributed by atoms with Gasteiger partial charge in [-0.2, -0.15) is 0 Å². The second-order valence-electron chi connectivity index (χ2n) is 5.74. The first-order chi connectivity index (χ1) is 8.94. The van der Waals surface area contributed by atoms with Crippen LogP contribution in [0.2, 0.25) is 0 Å². The Morgan fingerprint density at radius 3 is 2.26 bits per heavy atom. The quantitative estimate of drug-likeness (QED) is 0.603. The number of carbonyl (C=O) groups excluding carboxylic acids is 2. The largest absolute Gasteiger partial charge is 0.422 e. The number of cyclic esters (lactones) is 2. The van der Waals surface area contributed by atoms with Crippen LogP contribution in [0.3, 0.4) is 0 Å². The lowest BCUT2D eigenvalue weighted by atomic mass is 9.98. The zero-order valence-corrected chi connectivity index (χ0v) is 11.0. The van der Waals surface area contributed by atoms with Crippen LogP contribution < -0.4 is 0 Å². The molecule has 0 bridgehead atoms. The third-order valence-electron chi connectivity index (χ3n) is 3.84. The molecule has 4 heteroatoms. The summed E-state index contributed by atoms with van der Waals surface area (Å²) in [6.07, 6.45) is 1.22. The number of rotatable bonds is 2. The molecule has 0 amide bonds. The summed E-state index contributed by atoms with van der Waals surface area (Å²) in [5, 5.41) is 0. The van der Waals surface area contributed by atoms with E-state index in [1.54, 1.807) is 13.8 Å². The Kier molecular flexibility index (Phi) is 2.46. The fourth-order valence-electron chi connectivity index (χ4n) is 2.71. The van der Waals surface area contributed by atoms with Crippen molar-refractivity contribution in [1.29, 1.82) is 0 Å². The minimum Gasteiger partial charge on any atom is -0.422 e. The van der Waals surface area contributed by atoms with Gasteiger partial charge in [0.2, 0.25) is 0 Å². The molecule has 1 heterocycles. The topological polar surface area (TPSA) is 52.6 Å². The third-order valence-corrected chi connectivity index (χ3v) is 3.84. The van der Waals surface area contributed by atoms with Crippen molar-refractivity contribution >= 4 is 11.9 Å². The molecule has 1 aliphatic carbocycles. The fraction of sp³-hybridized carbons (Fsp3) is 0.467. The zero-order valence-electron chi connectivity index (χ0n) is 11.0. The molecule has 3 rings (SSSR count). The van der Waals surface area contributed by atoms with E-state index in [9.17, 15) is 9.59 Å². The van der Waals surface area contributed by atoms with Gasteiger partial charge in [0.1, 0.15) is 0 Å². The van der Waals surface area contributed by atoms with Gasteiger partial charge in [-0.1, -0.05) is 30.3 Å². The van der Waals surface area contributed by atoms with Gasteiger partial charge in [-0.05, 0) is 24.3 Å². The molecule has 1 saturated carbocycles. The number of hydrogen-bond acceptors (Lipinski definition) is 4. The molecule has 0 unspecified atom stereocenters. The molecule has 4 nitrogen and oxygen atoms in total. The Morgan fingerprint density at radius 2 is 1.68 bits per heavy atom. The van der Waals surface area contributed by atoms with E-state index in [-0.39, 0.29) is 5.92 Å². The van der Waals surface area contributed by atoms with Crippen LogP contribution in [-0.2, 0) is 25.5 Å². The van der Waals surface area contributed by atoms with Crippen molar-refractivity contribution in [3.05, 3.63) is 35.9 Å². The smallest absolute Gasteiger partial charge is 0.327 e. The predicted octanol–water partition coefficient (Wildman–Crippen LogP) is 2.07. The lowest BCUT2D eigenvalue weighted by Gasteiger charge is -2.33. The van der Waals surface area contributed by atoms with Crippen LogP contribution in [0.15, 0.2) is 30.3 Å². The minimum absolute atomic E-state index is 0.00833. The second kappa shape index (κ2) is 3.83. The summed E-state index contributed by atoms with van der Waals surface area (Å²) >= 11 is 0. The first kappa shape index (κ1) is 12.2. The van der Waals surface area contributed by atoms with Gasteiger partial charge in [0.05, 0.1) is 0 Å². The maximum Gasteiger partial charge on any atom is 0.327 e. The van der Waals surface area contributed by atoms with E-state index in [4.69, 9.17) is 9.47 Å². The van der Waals surface area contributed by atoms with Crippen LogP contribution >= 0.6 is 0 Å². The molecule has 1 saturated heterocycles. The lowest BCUT2D eigenvalue weighted by molar-refractivity contribution is -0.243. The Bertz CT molecular complexity index is 512. The summed E-state index contributed by atoms with van der Waals surface area (Å²) in [7, 11) is 0. The summed E-state index contributed by atoms with van der Waals surface area (Å²) in [5.41, 5.74) is 0.0700. The summed E-state index contributed by atoms with van der Waals surface area (Å²) in [5.74, 6) is -2.02. The molecule has 100 valence electrons. The van der Waals surface area contributed by atoms with Crippen molar-refractivity contribution in [2.45, 2.75) is 32.5 Å². The summed E-state index contributed by atoms with van der Waals surface area (Å²) < 4.78 is 10.4. The summed E-state index contributed by atoms with van der Waals surface area (Å²) in [6.45, 7) is 3.15. The number of benzene rings is 1. The fourth-order valence-corrected chi connectivity index (χ4v) is 2.71. The monoisotopic (exact) mass is 260 g/mol. The van der Waals surface area contributed by atoms with Crippen molar-refractivity contribution in [2.75, 3.05) is 0 Å². The number of hydrogen-bond donors (Lipinski definition) is 0. The molecule has 1 atom stereocenters. The molecule has 19 heavy (non-hydrogen) atoms. The Labute approximate surface area is 111 Å².